The molecule has 3 N–H and O–H groups in total. The third-order valence-corrected chi connectivity index (χ3v) is 3.35. The summed E-state index contributed by atoms with van der Waals surface area (Å²) in [6, 6.07) is 2.73. The smallest absolute Gasteiger partial charge is 0.313 e. The Morgan fingerprint density at radius 3 is 2.81 bits per heavy atom. The van der Waals surface area contributed by atoms with Gasteiger partial charge in [0.2, 0.25) is 5.65 Å². The quantitative estimate of drug-likeness (QED) is 0.473. The van der Waals surface area contributed by atoms with Crippen LogP contribution in [0.1, 0.15) is 11.9 Å². The average Bonchev–Trinajstić information content (AvgIpc) is 3.01. The number of pyridine rings is 1. The third-order valence-electron chi connectivity index (χ3n) is 3.35. The zero-order valence-electron chi connectivity index (χ0n) is 10.6. The molecule has 0 bridgehead atoms. The van der Waals surface area contributed by atoms with E-state index in [9.17, 15) is 20.3 Å². The first-order valence-corrected chi connectivity index (χ1v) is 6.15. The molecule has 2 aromatic heterocycles. The number of hydrogen-bond donors (Lipinski definition) is 3. The molecule has 0 radical (unpaired) electrons. The number of ether oxygens (including phenoxy) is 1. The van der Waals surface area contributed by atoms with Gasteiger partial charge in [0.15, 0.2) is 5.82 Å². The number of nitrogens with zero attached hydrogens (tertiary/aromatic N) is 4. The molecule has 0 aromatic carbocycles. The van der Waals surface area contributed by atoms with Crippen molar-refractivity contribution in [3.8, 4) is 0 Å². The summed E-state index contributed by atoms with van der Waals surface area (Å²) in [7, 11) is 0. The summed E-state index contributed by atoms with van der Waals surface area (Å²) in [6.07, 6.45) is -3.14. The van der Waals surface area contributed by atoms with Crippen LogP contribution >= 0.6 is 0 Å². The fourth-order valence-electron chi connectivity index (χ4n) is 2.28. The number of fused-ring (bicyclic) bond motifs is 1. The molecular formula is C11H12N4O6. The molecule has 4 atom stereocenters. The maximum absolute atomic E-state index is 10.9. The lowest BCUT2D eigenvalue weighted by molar-refractivity contribution is -0.383. The molecule has 10 nitrogen and oxygen atoms in total. The lowest BCUT2D eigenvalue weighted by Crippen LogP contribution is -2.32. The Morgan fingerprint density at radius 2 is 2.19 bits per heavy atom. The predicted molar refractivity (Wildman–Crippen MR) is 66.4 cm³/mol. The van der Waals surface area contributed by atoms with Crippen LogP contribution < -0.4 is 0 Å². The first-order chi connectivity index (χ1) is 10.0. The summed E-state index contributed by atoms with van der Waals surface area (Å²) in [4.78, 5) is 14.3. The van der Waals surface area contributed by atoms with Gasteiger partial charge in [0.1, 0.15) is 24.4 Å². The summed E-state index contributed by atoms with van der Waals surface area (Å²) in [5.41, 5.74) is -0.224. The number of nitro groups is 1. The van der Waals surface area contributed by atoms with E-state index in [0.717, 1.165) is 0 Å². The van der Waals surface area contributed by atoms with E-state index in [1.54, 1.807) is 0 Å². The fraction of sp³-hybridized carbons (Fsp3) is 0.455. The van der Waals surface area contributed by atoms with E-state index >= 15 is 0 Å². The Morgan fingerprint density at radius 1 is 1.43 bits per heavy atom. The van der Waals surface area contributed by atoms with Gasteiger partial charge >= 0.3 is 5.69 Å². The van der Waals surface area contributed by atoms with Gasteiger partial charge in [0.25, 0.3) is 0 Å². The Balaban J connectivity index is 2.02. The highest BCUT2D eigenvalue weighted by molar-refractivity contribution is 5.58. The Labute approximate surface area is 117 Å². The molecule has 3 heterocycles. The van der Waals surface area contributed by atoms with Gasteiger partial charge in [0, 0.05) is 12.3 Å². The van der Waals surface area contributed by atoms with E-state index in [0.29, 0.717) is 0 Å². The number of hydrogen-bond acceptors (Lipinski definition) is 8. The molecule has 2 aromatic rings. The van der Waals surface area contributed by atoms with Crippen molar-refractivity contribution in [3.05, 3.63) is 34.3 Å². The Kier molecular flexibility index (Phi) is 3.29. The van der Waals surface area contributed by atoms with Crippen LogP contribution in [-0.2, 0) is 4.74 Å². The summed E-state index contributed by atoms with van der Waals surface area (Å²) < 4.78 is 6.49. The number of aliphatic hydroxyl groups excluding tert-OH is 3. The van der Waals surface area contributed by atoms with Crippen molar-refractivity contribution in [2.75, 3.05) is 6.61 Å². The lowest BCUT2D eigenvalue weighted by atomic mass is 10.1. The minimum absolute atomic E-state index is 0.00630. The highest BCUT2D eigenvalue weighted by Crippen LogP contribution is 2.32. The highest BCUT2D eigenvalue weighted by atomic mass is 16.6. The molecule has 1 saturated heterocycles. The van der Waals surface area contributed by atoms with Crippen molar-refractivity contribution < 1.29 is 25.0 Å². The minimum Gasteiger partial charge on any atom is -0.394 e. The van der Waals surface area contributed by atoms with Crippen molar-refractivity contribution in [2.45, 2.75) is 24.4 Å². The molecular weight excluding hydrogens is 284 g/mol. The van der Waals surface area contributed by atoms with Crippen LogP contribution in [0.3, 0.4) is 0 Å². The molecule has 3 rings (SSSR count). The van der Waals surface area contributed by atoms with Gasteiger partial charge in [-0.15, -0.1) is 5.10 Å². The molecule has 1 aliphatic heterocycles. The van der Waals surface area contributed by atoms with Gasteiger partial charge in [0.05, 0.1) is 11.5 Å². The van der Waals surface area contributed by atoms with E-state index in [1.807, 2.05) is 0 Å². The average molecular weight is 296 g/mol. The minimum atomic E-state index is -1.32. The molecule has 0 amide bonds. The fourth-order valence-corrected chi connectivity index (χ4v) is 2.28. The SMILES string of the molecule is O=[N+]([O-])c1cccn2nc([C@@H]3O[C@@H](CO)[C@@H](O)[C@H]3O)nc12. The first-order valence-electron chi connectivity index (χ1n) is 6.15. The summed E-state index contributed by atoms with van der Waals surface area (Å²) in [5, 5.41) is 43.6. The number of rotatable bonds is 3. The van der Waals surface area contributed by atoms with Crippen molar-refractivity contribution in [2.24, 2.45) is 0 Å². The standard InChI is InChI=1S/C11H12N4O6/c16-4-6-7(17)8(18)9(21-6)10-12-11-5(15(19)20)2-1-3-14(11)13-10/h1-3,6-9,16-18H,4H2/t6-,7+,8+,9+/m0/s1. The number of aliphatic hydroxyl groups is 3. The Hall–Kier alpha value is -2.14. The molecule has 112 valence electrons. The van der Waals surface area contributed by atoms with Crippen LogP contribution in [0.25, 0.3) is 5.65 Å². The second-order valence-electron chi connectivity index (χ2n) is 4.65. The molecule has 0 aliphatic carbocycles. The van der Waals surface area contributed by atoms with E-state index in [1.165, 1.54) is 22.8 Å². The molecule has 0 spiro atoms. The molecule has 21 heavy (non-hydrogen) atoms. The van der Waals surface area contributed by atoms with Crippen LogP contribution in [0.2, 0.25) is 0 Å². The van der Waals surface area contributed by atoms with Crippen LogP contribution in [0, 0.1) is 10.1 Å². The predicted octanol–water partition coefficient (Wildman–Crippen LogP) is -1.21. The van der Waals surface area contributed by atoms with Crippen molar-refractivity contribution >= 4 is 11.3 Å². The van der Waals surface area contributed by atoms with Crippen LogP contribution in [0.15, 0.2) is 18.3 Å². The molecule has 10 heteroatoms. The van der Waals surface area contributed by atoms with Gasteiger partial charge in [-0.1, -0.05) is 0 Å². The van der Waals surface area contributed by atoms with Crippen molar-refractivity contribution in [1.29, 1.82) is 0 Å². The zero-order chi connectivity index (χ0) is 15.1. The normalized spacial score (nSPS) is 29.1. The van der Waals surface area contributed by atoms with Crippen LogP contribution in [0.4, 0.5) is 5.69 Å². The van der Waals surface area contributed by atoms with E-state index in [4.69, 9.17) is 9.84 Å². The molecule has 0 unspecified atom stereocenters. The third kappa shape index (κ3) is 2.14. The Bertz CT molecular complexity index is 688. The van der Waals surface area contributed by atoms with Crippen molar-refractivity contribution in [1.82, 2.24) is 14.6 Å². The second kappa shape index (κ2) is 5.00. The summed E-state index contributed by atoms with van der Waals surface area (Å²) in [6.45, 7) is -0.470. The molecule has 0 saturated carbocycles. The maximum Gasteiger partial charge on any atom is 0.313 e. The molecule has 1 aliphatic rings. The number of aromatic nitrogens is 3. The maximum atomic E-state index is 10.9. The summed E-state index contributed by atoms with van der Waals surface area (Å²) in [5.74, 6) is 0.00630. The second-order valence-corrected chi connectivity index (χ2v) is 4.65. The van der Waals surface area contributed by atoms with E-state index < -0.39 is 35.9 Å². The lowest BCUT2D eigenvalue weighted by Gasteiger charge is -2.10. The van der Waals surface area contributed by atoms with Gasteiger partial charge in [-0.05, 0) is 6.07 Å². The van der Waals surface area contributed by atoms with Gasteiger partial charge in [-0.3, -0.25) is 10.1 Å². The summed E-state index contributed by atoms with van der Waals surface area (Å²) >= 11 is 0. The van der Waals surface area contributed by atoms with E-state index in [2.05, 4.69) is 10.1 Å². The first kappa shape index (κ1) is 13.8. The van der Waals surface area contributed by atoms with Gasteiger partial charge in [-0.2, -0.15) is 0 Å². The monoisotopic (exact) mass is 296 g/mol. The largest absolute Gasteiger partial charge is 0.394 e. The van der Waals surface area contributed by atoms with Crippen LogP contribution in [0.5, 0.6) is 0 Å². The topological polar surface area (TPSA) is 143 Å². The van der Waals surface area contributed by atoms with Crippen LogP contribution in [-0.4, -0.2) is 59.8 Å². The zero-order valence-corrected chi connectivity index (χ0v) is 10.6. The molecule has 1 fully saturated rings. The van der Waals surface area contributed by atoms with E-state index in [-0.39, 0.29) is 17.2 Å². The van der Waals surface area contributed by atoms with Gasteiger partial charge < -0.3 is 20.1 Å². The van der Waals surface area contributed by atoms with Crippen molar-refractivity contribution in [3.63, 3.8) is 0 Å². The highest BCUT2D eigenvalue weighted by Gasteiger charge is 2.45. The van der Waals surface area contributed by atoms with Gasteiger partial charge in [-0.25, -0.2) is 9.50 Å².